The van der Waals surface area contributed by atoms with Crippen LogP contribution in [0.1, 0.15) is 41.5 Å². The first-order valence-electron chi connectivity index (χ1n) is 8.69. The predicted molar refractivity (Wildman–Crippen MR) is 96.0 cm³/mol. The van der Waals surface area contributed by atoms with Crippen molar-refractivity contribution >= 4 is 12.0 Å². The van der Waals surface area contributed by atoms with Crippen molar-refractivity contribution in [2.75, 3.05) is 32.9 Å². The summed E-state index contributed by atoms with van der Waals surface area (Å²) < 4.78 is 11.1. The molecule has 0 aromatic carbocycles. The third-order valence-electron chi connectivity index (χ3n) is 3.41. The summed E-state index contributed by atoms with van der Waals surface area (Å²) in [7, 11) is 0. The van der Waals surface area contributed by atoms with Gasteiger partial charge in [-0.2, -0.15) is 0 Å². The van der Waals surface area contributed by atoms with Crippen LogP contribution in [0.4, 0.5) is 4.79 Å². The molecule has 1 saturated heterocycles. The van der Waals surface area contributed by atoms with E-state index < -0.39 is 35.9 Å². The Morgan fingerprint density at radius 3 is 2.42 bits per heavy atom. The molecule has 1 unspecified atom stereocenters. The highest BCUT2D eigenvalue weighted by Crippen LogP contribution is 2.23. The first-order valence-corrected chi connectivity index (χ1v) is 8.69. The SMILES string of the molecule is C=C1COCCN(C(=O)ON(C(=O)C(C)(C)C)C(CO)OC(C)(C)C)C1. The van der Waals surface area contributed by atoms with Gasteiger partial charge in [0, 0.05) is 18.5 Å². The number of hydrogen-bond acceptors (Lipinski definition) is 6. The normalized spacial score (nSPS) is 17.5. The van der Waals surface area contributed by atoms with Gasteiger partial charge in [0.2, 0.25) is 0 Å². The molecule has 0 saturated carbocycles. The summed E-state index contributed by atoms with van der Waals surface area (Å²) in [4.78, 5) is 32.2. The van der Waals surface area contributed by atoms with Crippen molar-refractivity contribution < 1.29 is 29.0 Å². The molecule has 8 heteroatoms. The van der Waals surface area contributed by atoms with E-state index in [2.05, 4.69) is 6.58 Å². The van der Waals surface area contributed by atoms with E-state index in [0.717, 1.165) is 10.6 Å². The van der Waals surface area contributed by atoms with E-state index in [1.165, 1.54) is 4.90 Å². The molecule has 1 heterocycles. The van der Waals surface area contributed by atoms with E-state index >= 15 is 0 Å². The molecule has 1 fully saturated rings. The van der Waals surface area contributed by atoms with Crippen molar-refractivity contribution in [3.05, 3.63) is 12.2 Å². The van der Waals surface area contributed by atoms with Crippen molar-refractivity contribution in [2.45, 2.75) is 53.4 Å². The van der Waals surface area contributed by atoms with E-state index in [1.54, 1.807) is 41.5 Å². The predicted octanol–water partition coefficient (Wildman–Crippen LogP) is 1.93. The van der Waals surface area contributed by atoms with Gasteiger partial charge in [0.15, 0.2) is 6.23 Å². The van der Waals surface area contributed by atoms with Crippen LogP contribution in [-0.2, 0) is 19.1 Å². The number of carbonyl (C=O) groups excluding carboxylic acids is 2. The number of aliphatic hydroxyl groups excluding tert-OH is 1. The van der Waals surface area contributed by atoms with Gasteiger partial charge in [-0.05, 0) is 26.3 Å². The molecule has 26 heavy (non-hydrogen) atoms. The lowest BCUT2D eigenvalue weighted by molar-refractivity contribution is -0.253. The number of carbonyl (C=O) groups is 2. The topological polar surface area (TPSA) is 88.5 Å². The van der Waals surface area contributed by atoms with Crippen LogP contribution in [0.25, 0.3) is 0 Å². The van der Waals surface area contributed by atoms with Gasteiger partial charge in [-0.1, -0.05) is 27.4 Å². The number of hydroxylamine groups is 2. The number of aliphatic hydroxyl groups is 1. The number of nitrogens with zero attached hydrogens (tertiary/aromatic N) is 2. The Hall–Kier alpha value is -1.64. The van der Waals surface area contributed by atoms with Crippen LogP contribution >= 0.6 is 0 Å². The van der Waals surface area contributed by atoms with Crippen molar-refractivity contribution in [1.29, 1.82) is 0 Å². The molecule has 2 amide bonds. The Kier molecular flexibility index (Phi) is 7.61. The molecule has 1 rings (SSSR count). The molecule has 150 valence electrons. The smallest absolute Gasteiger partial charge is 0.392 e. The molecule has 0 radical (unpaired) electrons. The quantitative estimate of drug-likeness (QED) is 0.463. The zero-order chi connectivity index (χ0) is 20.1. The maximum Gasteiger partial charge on any atom is 0.434 e. The van der Waals surface area contributed by atoms with Gasteiger partial charge >= 0.3 is 6.09 Å². The van der Waals surface area contributed by atoms with Crippen molar-refractivity contribution in [1.82, 2.24) is 9.96 Å². The molecule has 1 aliphatic heterocycles. The van der Waals surface area contributed by atoms with Crippen LogP contribution in [-0.4, -0.2) is 71.8 Å². The van der Waals surface area contributed by atoms with E-state index in [1.807, 2.05) is 0 Å². The summed E-state index contributed by atoms with van der Waals surface area (Å²) in [6.07, 6.45) is -1.83. The van der Waals surface area contributed by atoms with Crippen molar-refractivity contribution in [3.8, 4) is 0 Å². The van der Waals surface area contributed by atoms with Crippen LogP contribution in [0.2, 0.25) is 0 Å². The Morgan fingerprint density at radius 2 is 1.92 bits per heavy atom. The third-order valence-corrected chi connectivity index (χ3v) is 3.41. The number of amides is 2. The Morgan fingerprint density at radius 1 is 1.31 bits per heavy atom. The van der Waals surface area contributed by atoms with Crippen LogP contribution in [0.3, 0.4) is 0 Å². The maximum atomic E-state index is 12.8. The van der Waals surface area contributed by atoms with Gasteiger partial charge in [-0.3, -0.25) is 9.69 Å². The van der Waals surface area contributed by atoms with E-state index in [0.29, 0.717) is 19.8 Å². The summed E-state index contributed by atoms with van der Waals surface area (Å²) >= 11 is 0. The molecule has 0 spiro atoms. The summed E-state index contributed by atoms with van der Waals surface area (Å²) in [6, 6.07) is 0. The van der Waals surface area contributed by atoms with Gasteiger partial charge in [-0.25, -0.2) is 4.79 Å². The lowest BCUT2D eigenvalue weighted by Gasteiger charge is -2.37. The molecule has 0 aromatic heterocycles. The van der Waals surface area contributed by atoms with E-state index in [9.17, 15) is 14.7 Å². The second-order valence-electron chi connectivity index (χ2n) is 8.33. The fourth-order valence-corrected chi connectivity index (χ4v) is 2.21. The largest absolute Gasteiger partial charge is 0.434 e. The van der Waals surface area contributed by atoms with Crippen LogP contribution in [0.5, 0.6) is 0 Å². The fourth-order valence-electron chi connectivity index (χ4n) is 2.21. The number of rotatable bonds is 3. The first kappa shape index (κ1) is 22.4. The number of hydrogen-bond donors (Lipinski definition) is 1. The second kappa shape index (κ2) is 8.83. The van der Waals surface area contributed by atoms with Gasteiger partial charge in [0.05, 0.1) is 25.4 Å². The minimum absolute atomic E-state index is 0.278. The standard InChI is InChI=1S/C18H32N2O6/c1-13-10-19(8-9-24-12-13)16(23)26-20(15(22)17(2,3)4)14(11-21)25-18(5,6)7/h14,21H,1,8-12H2,2-7H3. The van der Waals surface area contributed by atoms with Crippen LogP contribution < -0.4 is 0 Å². The third kappa shape index (κ3) is 6.93. The van der Waals surface area contributed by atoms with Gasteiger partial charge < -0.3 is 19.4 Å². The lowest BCUT2D eigenvalue weighted by Crippen LogP contribution is -2.53. The average Bonchev–Trinajstić information content (AvgIpc) is 2.72. The average molecular weight is 372 g/mol. The molecule has 0 aromatic rings. The molecule has 8 nitrogen and oxygen atoms in total. The highest BCUT2D eigenvalue weighted by atomic mass is 16.8. The molecule has 1 aliphatic rings. The zero-order valence-corrected chi connectivity index (χ0v) is 16.7. The highest BCUT2D eigenvalue weighted by Gasteiger charge is 2.38. The monoisotopic (exact) mass is 372 g/mol. The van der Waals surface area contributed by atoms with Gasteiger partial charge in [0.1, 0.15) is 0 Å². The fraction of sp³-hybridized carbons (Fsp3) is 0.778. The highest BCUT2D eigenvalue weighted by molar-refractivity contribution is 5.82. The summed E-state index contributed by atoms with van der Waals surface area (Å²) in [5, 5.41) is 10.6. The first-order chi connectivity index (χ1) is 11.8. The van der Waals surface area contributed by atoms with Crippen molar-refractivity contribution in [3.63, 3.8) is 0 Å². The Labute approximate surface area is 155 Å². The van der Waals surface area contributed by atoms with Crippen LogP contribution in [0, 0.1) is 5.41 Å². The lowest BCUT2D eigenvalue weighted by atomic mass is 9.95. The number of ether oxygens (including phenoxy) is 2. The minimum Gasteiger partial charge on any atom is -0.392 e. The summed E-state index contributed by atoms with van der Waals surface area (Å²) in [6.45, 7) is 15.1. The van der Waals surface area contributed by atoms with Gasteiger partial charge in [-0.15, -0.1) is 5.06 Å². The molecule has 1 atom stereocenters. The zero-order valence-electron chi connectivity index (χ0n) is 16.7. The van der Waals surface area contributed by atoms with E-state index in [-0.39, 0.29) is 6.54 Å². The molecule has 0 bridgehead atoms. The van der Waals surface area contributed by atoms with E-state index in [4.69, 9.17) is 14.3 Å². The molecular weight excluding hydrogens is 340 g/mol. The molecule has 1 N–H and O–H groups in total. The molecule has 0 aliphatic carbocycles. The summed E-state index contributed by atoms with van der Waals surface area (Å²) in [5.74, 6) is -0.473. The van der Waals surface area contributed by atoms with Gasteiger partial charge in [0.25, 0.3) is 5.91 Å². The Balaban J connectivity index is 3.01. The summed E-state index contributed by atoms with van der Waals surface area (Å²) in [5.41, 5.74) is -0.751. The Bertz CT molecular complexity index is 521. The van der Waals surface area contributed by atoms with Crippen molar-refractivity contribution in [2.24, 2.45) is 5.41 Å². The minimum atomic E-state index is -1.11. The molecular formula is C18H32N2O6. The second-order valence-corrected chi connectivity index (χ2v) is 8.33. The maximum absolute atomic E-state index is 12.8. The van der Waals surface area contributed by atoms with Crippen LogP contribution in [0.15, 0.2) is 12.2 Å².